The predicted octanol–water partition coefficient (Wildman–Crippen LogP) is 0.426. The van der Waals surface area contributed by atoms with Crippen LogP contribution in [0, 0.1) is 6.92 Å². The summed E-state index contributed by atoms with van der Waals surface area (Å²) in [5, 5.41) is 0. The standard InChI is InChI=1S/C11H16N4O/c1-7-4-5-8(12)11(14-7)15-6-2-3-9(15)10(13)16/h4-5,9H,2-3,6,12H2,1H3,(H2,13,16). The lowest BCUT2D eigenvalue weighted by molar-refractivity contribution is -0.119. The first-order valence-electron chi connectivity index (χ1n) is 5.38. The molecule has 5 heteroatoms. The van der Waals surface area contributed by atoms with Crippen molar-refractivity contribution in [2.24, 2.45) is 5.73 Å². The quantitative estimate of drug-likeness (QED) is 0.756. The smallest absolute Gasteiger partial charge is 0.240 e. The second kappa shape index (κ2) is 4.00. The molecule has 5 nitrogen and oxygen atoms in total. The summed E-state index contributed by atoms with van der Waals surface area (Å²) in [6.07, 6.45) is 1.73. The predicted molar refractivity (Wildman–Crippen MR) is 62.9 cm³/mol. The molecule has 1 aliphatic heterocycles. The zero-order chi connectivity index (χ0) is 11.7. The molecule has 1 aromatic heterocycles. The Morgan fingerprint density at radius 3 is 3.00 bits per heavy atom. The molecule has 1 aromatic rings. The summed E-state index contributed by atoms with van der Waals surface area (Å²) in [6.45, 7) is 2.69. The molecule has 86 valence electrons. The van der Waals surface area contributed by atoms with E-state index in [1.54, 1.807) is 0 Å². The van der Waals surface area contributed by atoms with E-state index >= 15 is 0 Å². The number of aromatic nitrogens is 1. The fraction of sp³-hybridized carbons (Fsp3) is 0.455. The lowest BCUT2D eigenvalue weighted by Gasteiger charge is -2.24. The number of anilines is 2. The first kappa shape index (κ1) is 10.7. The number of hydrogen-bond donors (Lipinski definition) is 2. The number of pyridine rings is 1. The minimum atomic E-state index is -0.305. The van der Waals surface area contributed by atoms with Gasteiger partial charge in [-0.3, -0.25) is 4.79 Å². The Kier molecular flexibility index (Phi) is 2.68. The molecule has 0 aromatic carbocycles. The van der Waals surface area contributed by atoms with Gasteiger partial charge in [-0.05, 0) is 31.9 Å². The second-order valence-corrected chi connectivity index (χ2v) is 4.12. The third kappa shape index (κ3) is 1.80. The lowest BCUT2D eigenvalue weighted by atomic mass is 10.2. The second-order valence-electron chi connectivity index (χ2n) is 4.12. The molecule has 1 aliphatic rings. The van der Waals surface area contributed by atoms with Crippen molar-refractivity contribution in [3.63, 3.8) is 0 Å². The fourth-order valence-electron chi connectivity index (χ4n) is 2.10. The van der Waals surface area contributed by atoms with Crippen LogP contribution in [0.1, 0.15) is 18.5 Å². The number of carbonyl (C=O) groups is 1. The molecule has 1 atom stereocenters. The first-order valence-corrected chi connectivity index (χ1v) is 5.38. The van der Waals surface area contributed by atoms with Gasteiger partial charge in [-0.15, -0.1) is 0 Å². The van der Waals surface area contributed by atoms with Crippen molar-refractivity contribution < 1.29 is 4.79 Å². The molecule has 4 N–H and O–H groups in total. The SMILES string of the molecule is Cc1ccc(N)c(N2CCCC2C(N)=O)n1. The normalized spacial score (nSPS) is 20.1. The fourth-order valence-corrected chi connectivity index (χ4v) is 2.10. The summed E-state index contributed by atoms with van der Waals surface area (Å²) >= 11 is 0. The van der Waals surface area contributed by atoms with Crippen LogP contribution in [0.4, 0.5) is 11.5 Å². The number of nitrogens with two attached hydrogens (primary N) is 2. The van der Waals surface area contributed by atoms with Crippen LogP contribution in [0.3, 0.4) is 0 Å². The van der Waals surface area contributed by atoms with Gasteiger partial charge in [0.05, 0.1) is 5.69 Å². The molecule has 0 radical (unpaired) electrons. The zero-order valence-corrected chi connectivity index (χ0v) is 9.31. The largest absolute Gasteiger partial charge is 0.396 e. The molecule has 0 bridgehead atoms. The molecule has 1 saturated heterocycles. The molecule has 0 saturated carbocycles. The molecule has 16 heavy (non-hydrogen) atoms. The third-order valence-electron chi connectivity index (χ3n) is 2.90. The zero-order valence-electron chi connectivity index (χ0n) is 9.31. The number of nitrogens with zero attached hydrogens (tertiary/aromatic N) is 2. The molecular formula is C11H16N4O. The van der Waals surface area contributed by atoms with Crippen LogP contribution in [-0.4, -0.2) is 23.5 Å². The number of amides is 1. The van der Waals surface area contributed by atoms with E-state index in [4.69, 9.17) is 11.5 Å². The average Bonchev–Trinajstić information content (AvgIpc) is 2.70. The van der Waals surface area contributed by atoms with E-state index in [9.17, 15) is 4.79 Å². The van der Waals surface area contributed by atoms with E-state index in [-0.39, 0.29) is 11.9 Å². The van der Waals surface area contributed by atoms with Crippen molar-refractivity contribution in [2.45, 2.75) is 25.8 Å². The van der Waals surface area contributed by atoms with Gasteiger partial charge in [-0.25, -0.2) is 4.98 Å². The number of rotatable bonds is 2. The van der Waals surface area contributed by atoms with Crippen LogP contribution in [-0.2, 0) is 4.79 Å². The van der Waals surface area contributed by atoms with Crippen molar-refractivity contribution in [3.8, 4) is 0 Å². The van der Waals surface area contributed by atoms with Crippen LogP contribution < -0.4 is 16.4 Å². The maximum Gasteiger partial charge on any atom is 0.240 e. The minimum Gasteiger partial charge on any atom is -0.396 e. The van der Waals surface area contributed by atoms with Crippen LogP contribution in [0.15, 0.2) is 12.1 Å². The van der Waals surface area contributed by atoms with Crippen molar-refractivity contribution in [1.29, 1.82) is 0 Å². The van der Waals surface area contributed by atoms with Crippen LogP contribution >= 0.6 is 0 Å². The van der Waals surface area contributed by atoms with E-state index in [1.165, 1.54) is 0 Å². The van der Waals surface area contributed by atoms with E-state index in [0.717, 1.165) is 25.1 Å². The minimum absolute atomic E-state index is 0.267. The Hall–Kier alpha value is -1.78. The summed E-state index contributed by atoms with van der Waals surface area (Å²) in [5.41, 5.74) is 12.7. The summed E-state index contributed by atoms with van der Waals surface area (Å²) in [4.78, 5) is 17.6. The average molecular weight is 220 g/mol. The maximum atomic E-state index is 11.3. The van der Waals surface area contributed by atoms with Gasteiger partial charge in [0.2, 0.25) is 5.91 Å². The summed E-state index contributed by atoms with van der Waals surface area (Å²) in [5.74, 6) is 0.376. The van der Waals surface area contributed by atoms with Gasteiger partial charge in [0.25, 0.3) is 0 Å². The van der Waals surface area contributed by atoms with Gasteiger partial charge in [0, 0.05) is 12.2 Å². The van der Waals surface area contributed by atoms with Gasteiger partial charge < -0.3 is 16.4 Å². The highest BCUT2D eigenvalue weighted by molar-refractivity contribution is 5.85. The highest BCUT2D eigenvalue weighted by Crippen LogP contribution is 2.28. The molecule has 0 aliphatic carbocycles. The van der Waals surface area contributed by atoms with Crippen LogP contribution in [0.25, 0.3) is 0 Å². The Bertz CT molecular complexity index is 418. The molecular weight excluding hydrogens is 204 g/mol. The molecule has 0 spiro atoms. The number of hydrogen-bond acceptors (Lipinski definition) is 4. The number of primary amides is 1. The van der Waals surface area contributed by atoms with Gasteiger partial charge in [0.1, 0.15) is 6.04 Å². The molecule has 2 heterocycles. The van der Waals surface area contributed by atoms with Gasteiger partial charge in [-0.1, -0.05) is 0 Å². The third-order valence-corrected chi connectivity index (χ3v) is 2.90. The first-order chi connectivity index (χ1) is 7.59. The van der Waals surface area contributed by atoms with Gasteiger partial charge >= 0.3 is 0 Å². The molecule has 1 amide bonds. The number of carbonyl (C=O) groups excluding carboxylic acids is 1. The lowest BCUT2D eigenvalue weighted by Crippen LogP contribution is -2.41. The summed E-state index contributed by atoms with van der Waals surface area (Å²) in [7, 11) is 0. The van der Waals surface area contributed by atoms with Gasteiger partial charge in [-0.2, -0.15) is 0 Å². The number of aryl methyl sites for hydroxylation is 1. The molecule has 1 fully saturated rings. The Labute approximate surface area is 94.4 Å². The number of nitrogen functional groups attached to an aromatic ring is 1. The van der Waals surface area contributed by atoms with E-state index in [2.05, 4.69) is 4.98 Å². The Balaban J connectivity index is 2.35. The topological polar surface area (TPSA) is 85.2 Å². The van der Waals surface area contributed by atoms with E-state index in [1.807, 2.05) is 24.0 Å². The molecule has 1 unspecified atom stereocenters. The van der Waals surface area contributed by atoms with Crippen molar-refractivity contribution in [2.75, 3.05) is 17.2 Å². The van der Waals surface area contributed by atoms with E-state index in [0.29, 0.717) is 11.5 Å². The van der Waals surface area contributed by atoms with Crippen molar-refractivity contribution in [3.05, 3.63) is 17.8 Å². The van der Waals surface area contributed by atoms with Crippen molar-refractivity contribution >= 4 is 17.4 Å². The summed E-state index contributed by atoms with van der Waals surface area (Å²) in [6, 6.07) is 3.40. The maximum absolute atomic E-state index is 11.3. The van der Waals surface area contributed by atoms with Gasteiger partial charge in [0.15, 0.2) is 5.82 Å². The van der Waals surface area contributed by atoms with E-state index < -0.39 is 0 Å². The molecule has 2 rings (SSSR count). The highest BCUT2D eigenvalue weighted by atomic mass is 16.1. The van der Waals surface area contributed by atoms with Crippen LogP contribution in [0.2, 0.25) is 0 Å². The Morgan fingerprint density at radius 1 is 1.56 bits per heavy atom. The highest BCUT2D eigenvalue weighted by Gasteiger charge is 2.30. The van der Waals surface area contributed by atoms with Crippen LogP contribution in [0.5, 0.6) is 0 Å². The summed E-state index contributed by atoms with van der Waals surface area (Å²) < 4.78 is 0. The monoisotopic (exact) mass is 220 g/mol. The Morgan fingerprint density at radius 2 is 2.31 bits per heavy atom. The van der Waals surface area contributed by atoms with Crippen molar-refractivity contribution in [1.82, 2.24) is 4.98 Å².